The average Bonchev–Trinajstić information content (AvgIpc) is 2.73. The van der Waals surface area contributed by atoms with E-state index >= 15 is 0 Å². The molecule has 0 amide bonds. The number of hydrogen-bond acceptors (Lipinski definition) is 5. The molecular weight excluding hydrogens is 451 g/mol. The van der Waals surface area contributed by atoms with Gasteiger partial charge in [0.05, 0.1) is 39.9 Å². The van der Waals surface area contributed by atoms with Crippen LogP contribution in [0.4, 0.5) is 0 Å². The van der Waals surface area contributed by atoms with E-state index in [0.29, 0.717) is 17.4 Å². The maximum Gasteiger partial charge on any atom is 0.472 e. The van der Waals surface area contributed by atoms with Crippen molar-refractivity contribution in [3.8, 4) is 0 Å². The van der Waals surface area contributed by atoms with E-state index in [1.807, 2.05) is 35.0 Å². The lowest BCUT2D eigenvalue weighted by molar-refractivity contribution is -0.870. The molecule has 0 aliphatic carbocycles. The number of likely N-dealkylation sites (N-methyl/N-ethyl adjacent to an activating group) is 1. The molecule has 34 heavy (non-hydrogen) atoms. The molecule has 0 rings (SSSR count). The van der Waals surface area contributed by atoms with Crippen molar-refractivity contribution in [2.75, 3.05) is 40.9 Å². The monoisotopic (exact) mass is 509 g/mol. The molecule has 0 fully saturated rings. The third kappa shape index (κ3) is 22.5. The van der Waals surface area contributed by atoms with Crippen LogP contribution in [-0.4, -0.2) is 73.6 Å². The van der Waals surface area contributed by atoms with Crippen LogP contribution >= 0.6 is 7.82 Å². The van der Waals surface area contributed by atoms with E-state index in [-0.39, 0.29) is 19.3 Å². The number of aliphatic hydroxyl groups excluding tert-OH is 1. The first-order chi connectivity index (χ1) is 16.0. The molecule has 3 atom stereocenters. The van der Waals surface area contributed by atoms with Gasteiger partial charge in [-0.05, 0) is 6.42 Å². The molecule has 8 heteroatoms. The normalized spacial score (nSPS) is 16.0. The van der Waals surface area contributed by atoms with Crippen LogP contribution in [0.15, 0.2) is 0 Å². The summed E-state index contributed by atoms with van der Waals surface area (Å²) in [4.78, 5) is 9.97. The number of unbranched alkanes of at least 4 members (excludes halogenated alkanes) is 12. The second-order valence-corrected chi connectivity index (χ2v) is 12.6. The van der Waals surface area contributed by atoms with Crippen LogP contribution in [-0.2, 0) is 13.6 Å². The Morgan fingerprint density at radius 3 is 1.74 bits per heavy atom. The maximum absolute atomic E-state index is 12.2. The Hall–Kier alpha value is -0.0100. The molecule has 3 N–H and O–H groups in total. The first-order valence-corrected chi connectivity index (χ1v) is 15.3. The zero-order chi connectivity index (χ0) is 25.9. The van der Waals surface area contributed by atoms with Gasteiger partial charge in [-0.1, -0.05) is 104 Å². The maximum atomic E-state index is 12.2. The summed E-state index contributed by atoms with van der Waals surface area (Å²) in [6, 6.07) is -0.271. The number of rotatable bonds is 24. The summed E-state index contributed by atoms with van der Waals surface area (Å²) >= 11 is 0. The molecule has 2 unspecified atom stereocenters. The predicted octanol–water partition coefficient (Wildman–Crippen LogP) is 6.04. The SMILES string of the molecule is CCCCCCCCCCCCCCC[C@@H](O)C(COP(=O)(O)OCC[N+](C)(C)C)NC(C)C. The fraction of sp³-hybridized carbons (Fsp3) is 1.00. The molecule has 0 aromatic rings. The molecule has 0 aliphatic rings. The molecule has 0 saturated heterocycles. The highest BCUT2D eigenvalue weighted by atomic mass is 31.2. The predicted molar refractivity (Wildman–Crippen MR) is 143 cm³/mol. The number of nitrogens with zero attached hydrogens (tertiary/aromatic N) is 1. The van der Waals surface area contributed by atoms with Gasteiger partial charge < -0.3 is 19.8 Å². The van der Waals surface area contributed by atoms with Crippen LogP contribution in [0.3, 0.4) is 0 Å². The largest absolute Gasteiger partial charge is 0.472 e. The lowest BCUT2D eigenvalue weighted by Gasteiger charge is -2.27. The molecule has 0 heterocycles. The average molecular weight is 510 g/mol. The van der Waals surface area contributed by atoms with E-state index < -0.39 is 20.0 Å². The minimum atomic E-state index is -4.14. The Bertz CT molecular complexity index is 514. The van der Waals surface area contributed by atoms with Crippen LogP contribution in [0.25, 0.3) is 0 Å². The molecule has 206 valence electrons. The first kappa shape index (κ1) is 34.0. The van der Waals surface area contributed by atoms with Crippen LogP contribution in [0.1, 0.15) is 111 Å². The number of aliphatic hydroxyl groups is 1. The van der Waals surface area contributed by atoms with E-state index in [0.717, 1.165) is 12.8 Å². The van der Waals surface area contributed by atoms with Crippen molar-refractivity contribution in [2.45, 2.75) is 129 Å². The van der Waals surface area contributed by atoms with Crippen LogP contribution in [0, 0.1) is 0 Å². The van der Waals surface area contributed by atoms with Gasteiger partial charge in [-0.3, -0.25) is 9.05 Å². The second-order valence-electron chi connectivity index (χ2n) is 11.1. The highest BCUT2D eigenvalue weighted by molar-refractivity contribution is 7.47. The lowest BCUT2D eigenvalue weighted by Crippen LogP contribution is -2.46. The zero-order valence-electron chi connectivity index (χ0n) is 23.3. The molecule has 0 aliphatic heterocycles. The third-order valence-electron chi connectivity index (χ3n) is 6.05. The van der Waals surface area contributed by atoms with Gasteiger partial charge in [-0.25, -0.2) is 4.57 Å². The van der Waals surface area contributed by atoms with Gasteiger partial charge in [0.2, 0.25) is 0 Å². The summed E-state index contributed by atoms with van der Waals surface area (Å²) in [6.07, 6.45) is 16.8. The molecule has 7 nitrogen and oxygen atoms in total. The number of nitrogens with one attached hydrogen (secondary N) is 1. The molecule has 0 bridgehead atoms. The first-order valence-electron chi connectivity index (χ1n) is 13.8. The van der Waals surface area contributed by atoms with E-state index in [4.69, 9.17) is 9.05 Å². The number of phosphoric ester groups is 1. The van der Waals surface area contributed by atoms with Crippen molar-refractivity contribution in [3.63, 3.8) is 0 Å². The van der Waals surface area contributed by atoms with Gasteiger partial charge in [0.15, 0.2) is 0 Å². The fourth-order valence-electron chi connectivity index (χ4n) is 3.91. The molecule has 0 aromatic carbocycles. The Balaban J connectivity index is 4.02. The highest BCUT2D eigenvalue weighted by Crippen LogP contribution is 2.43. The Labute approximate surface area is 211 Å². The summed E-state index contributed by atoms with van der Waals surface area (Å²) in [5.41, 5.74) is 0. The molecule has 0 saturated carbocycles. The van der Waals surface area contributed by atoms with Gasteiger partial charge >= 0.3 is 7.82 Å². The van der Waals surface area contributed by atoms with Gasteiger partial charge in [0, 0.05) is 6.04 Å². The van der Waals surface area contributed by atoms with Crippen LogP contribution in [0.5, 0.6) is 0 Å². The number of quaternary nitrogens is 1. The summed E-state index contributed by atoms with van der Waals surface area (Å²) in [6.45, 7) is 6.92. The molecular formula is C26H58N2O5P+. The molecule has 0 aromatic heterocycles. The van der Waals surface area contributed by atoms with Crippen LogP contribution < -0.4 is 5.32 Å². The smallest absolute Gasteiger partial charge is 0.391 e. The molecule has 0 radical (unpaired) electrons. The summed E-state index contributed by atoms with van der Waals surface area (Å²) in [5, 5.41) is 13.9. The van der Waals surface area contributed by atoms with Crippen molar-refractivity contribution in [1.82, 2.24) is 5.32 Å². The van der Waals surface area contributed by atoms with Gasteiger partial charge in [-0.2, -0.15) is 0 Å². The van der Waals surface area contributed by atoms with E-state index in [1.54, 1.807) is 0 Å². The van der Waals surface area contributed by atoms with E-state index in [2.05, 4.69) is 12.2 Å². The van der Waals surface area contributed by atoms with Crippen molar-refractivity contribution < 1.29 is 28.1 Å². The second kappa shape index (κ2) is 20.1. The summed E-state index contributed by atoms with van der Waals surface area (Å²) < 4.78 is 23.1. The van der Waals surface area contributed by atoms with Crippen molar-refractivity contribution >= 4 is 7.82 Å². The Morgan fingerprint density at radius 2 is 1.29 bits per heavy atom. The van der Waals surface area contributed by atoms with Crippen molar-refractivity contribution in [2.24, 2.45) is 0 Å². The zero-order valence-corrected chi connectivity index (χ0v) is 24.2. The third-order valence-corrected chi connectivity index (χ3v) is 7.03. The van der Waals surface area contributed by atoms with Gasteiger partial charge in [0.25, 0.3) is 0 Å². The molecule has 0 spiro atoms. The fourth-order valence-corrected chi connectivity index (χ4v) is 4.65. The van der Waals surface area contributed by atoms with E-state index in [9.17, 15) is 14.6 Å². The number of hydrogen-bond donors (Lipinski definition) is 3. The van der Waals surface area contributed by atoms with Crippen LogP contribution in [0.2, 0.25) is 0 Å². The minimum absolute atomic E-state index is 0.0596. The standard InChI is InChI=1S/C26H57N2O5P/c1-7-8-9-10-11-12-13-14-15-16-17-18-19-20-26(29)25(27-24(2)3)23-33-34(30,31)32-22-21-28(4,5)6/h24-27,29H,7-23H2,1-6H3/p+1/t25?,26-/m1/s1. The van der Waals surface area contributed by atoms with Gasteiger partial charge in [-0.15, -0.1) is 0 Å². The van der Waals surface area contributed by atoms with E-state index in [1.165, 1.54) is 70.6 Å². The van der Waals surface area contributed by atoms with Gasteiger partial charge in [0.1, 0.15) is 13.2 Å². The summed E-state index contributed by atoms with van der Waals surface area (Å²) in [7, 11) is 1.83. The van der Waals surface area contributed by atoms with Crippen molar-refractivity contribution in [1.29, 1.82) is 0 Å². The lowest BCUT2D eigenvalue weighted by atomic mass is 10.0. The van der Waals surface area contributed by atoms with Crippen molar-refractivity contribution in [3.05, 3.63) is 0 Å². The topological polar surface area (TPSA) is 88.0 Å². The summed E-state index contributed by atoms with van der Waals surface area (Å²) in [5.74, 6) is 0. The highest BCUT2D eigenvalue weighted by Gasteiger charge is 2.27. The number of phosphoric acid groups is 1. The Kier molecular flexibility index (Phi) is 20.1. The minimum Gasteiger partial charge on any atom is -0.391 e. The quantitative estimate of drug-likeness (QED) is 0.0836. The Morgan fingerprint density at radius 1 is 0.824 bits per heavy atom.